The Labute approximate surface area is 180 Å². The molecule has 1 aliphatic heterocycles. The summed E-state index contributed by atoms with van der Waals surface area (Å²) in [6.45, 7) is 2.06. The summed E-state index contributed by atoms with van der Waals surface area (Å²) < 4.78 is 12.6. The van der Waals surface area contributed by atoms with E-state index in [0.717, 1.165) is 28.0 Å². The van der Waals surface area contributed by atoms with Crippen LogP contribution in [0.3, 0.4) is 0 Å². The smallest absolute Gasteiger partial charge is 0.226 e. The van der Waals surface area contributed by atoms with E-state index in [1.54, 1.807) is 14.2 Å². The maximum absolute atomic E-state index is 13.5. The number of ketones is 1. The van der Waals surface area contributed by atoms with Gasteiger partial charge in [0, 0.05) is 17.7 Å². The van der Waals surface area contributed by atoms with Crippen molar-refractivity contribution in [2.75, 3.05) is 19.5 Å². The van der Waals surface area contributed by atoms with E-state index in [1.165, 1.54) is 6.33 Å². The number of methoxy groups -OCH3 is 2. The first-order valence-corrected chi connectivity index (χ1v) is 10.3. The summed E-state index contributed by atoms with van der Waals surface area (Å²) in [5.74, 6) is 2.18. The van der Waals surface area contributed by atoms with Crippen molar-refractivity contribution in [3.63, 3.8) is 0 Å². The Bertz CT molecular complexity index is 1200. The van der Waals surface area contributed by atoms with Gasteiger partial charge in [-0.3, -0.25) is 4.79 Å². The molecule has 0 spiro atoms. The van der Waals surface area contributed by atoms with Gasteiger partial charge in [-0.25, -0.2) is 4.68 Å². The van der Waals surface area contributed by atoms with Crippen LogP contribution in [0.1, 0.15) is 41.5 Å². The van der Waals surface area contributed by atoms with E-state index >= 15 is 0 Å². The van der Waals surface area contributed by atoms with Crippen LogP contribution in [0.4, 0.5) is 5.95 Å². The van der Waals surface area contributed by atoms with Crippen molar-refractivity contribution < 1.29 is 14.3 Å². The number of nitrogens with zero attached hydrogens (tertiary/aromatic N) is 3. The summed E-state index contributed by atoms with van der Waals surface area (Å²) in [7, 11) is 3.24. The Balaban J connectivity index is 1.57. The van der Waals surface area contributed by atoms with Crippen molar-refractivity contribution in [3.05, 3.63) is 76.8 Å². The molecule has 3 aromatic rings. The van der Waals surface area contributed by atoms with Gasteiger partial charge in [0.05, 0.1) is 14.2 Å². The van der Waals surface area contributed by atoms with Gasteiger partial charge in [-0.1, -0.05) is 30.3 Å². The summed E-state index contributed by atoms with van der Waals surface area (Å²) in [5.41, 5.74) is 4.95. The van der Waals surface area contributed by atoms with E-state index in [-0.39, 0.29) is 17.7 Å². The van der Waals surface area contributed by atoms with E-state index in [0.29, 0.717) is 30.3 Å². The number of carbonyl (C=O) groups is 1. The molecule has 0 fully saturated rings. The summed E-state index contributed by atoms with van der Waals surface area (Å²) in [5, 5.41) is 7.80. The molecule has 0 saturated carbocycles. The molecule has 2 heterocycles. The number of Topliss-reactive ketones (excluding diaryl/α,β-unsaturated/α-hetero) is 1. The van der Waals surface area contributed by atoms with E-state index in [4.69, 9.17) is 9.47 Å². The lowest BCUT2D eigenvalue weighted by Crippen LogP contribution is -2.33. The first-order chi connectivity index (χ1) is 15.1. The van der Waals surface area contributed by atoms with Gasteiger partial charge in [0.2, 0.25) is 5.95 Å². The molecule has 0 unspecified atom stereocenters. The quantitative estimate of drug-likeness (QED) is 0.692. The van der Waals surface area contributed by atoms with Crippen LogP contribution in [0.15, 0.2) is 60.1 Å². The Morgan fingerprint density at radius 2 is 1.87 bits per heavy atom. The highest BCUT2D eigenvalue weighted by atomic mass is 16.5. The first-order valence-electron chi connectivity index (χ1n) is 10.3. The van der Waals surface area contributed by atoms with Crippen LogP contribution < -0.4 is 14.8 Å². The number of carbonyl (C=O) groups excluding carboxylic acids is 1. The van der Waals surface area contributed by atoms with Crippen molar-refractivity contribution in [1.29, 1.82) is 0 Å². The minimum Gasteiger partial charge on any atom is -0.493 e. The molecule has 7 nitrogen and oxygen atoms in total. The lowest BCUT2D eigenvalue weighted by molar-refractivity contribution is -0.116. The third-order valence-corrected chi connectivity index (χ3v) is 6.22. The maximum Gasteiger partial charge on any atom is 0.226 e. The van der Waals surface area contributed by atoms with Gasteiger partial charge in [0.1, 0.15) is 12.4 Å². The summed E-state index contributed by atoms with van der Waals surface area (Å²) in [6, 6.07) is 13.7. The summed E-state index contributed by atoms with van der Waals surface area (Å²) in [6.07, 6.45) is 2.68. The number of ether oxygens (including phenoxy) is 2. The van der Waals surface area contributed by atoms with E-state index in [2.05, 4.69) is 34.5 Å². The summed E-state index contributed by atoms with van der Waals surface area (Å²) >= 11 is 0. The van der Waals surface area contributed by atoms with Gasteiger partial charge in [0.15, 0.2) is 17.3 Å². The molecule has 2 aromatic carbocycles. The minimum absolute atomic E-state index is 0.0468. The Morgan fingerprint density at radius 1 is 1.06 bits per heavy atom. The molecular formula is C24H24N4O3. The van der Waals surface area contributed by atoms with Crippen LogP contribution in [0.2, 0.25) is 0 Å². The van der Waals surface area contributed by atoms with Gasteiger partial charge < -0.3 is 14.8 Å². The second-order valence-corrected chi connectivity index (χ2v) is 7.95. The molecule has 158 valence electrons. The van der Waals surface area contributed by atoms with Gasteiger partial charge in [-0.15, -0.1) is 0 Å². The van der Waals surface area contributed by atoms with E-state index in [9.17, 15) is 4.79 Å². The Kier molecular flexibility index (Phi) is 4.73. The maximum atomic E-state index is 13.5. The van der Waals surface area contributed by atoms with Crippen LogP contribution in [0.25, 0.3) is 0 Å². The molecule has 1 aliphatic carbocycles. The highest BCUT2D eigenvalue weighted by Gasteiger charge is 2.39. The number of fused-ring (bicyclic) bond motifs is 1. The zero-order valence-corrected chi connectivity index (χ0v) is 17.8. The number of hydrogen-bond acceptors (Lipinski definition) is 6. The monoisotopic (exact) mass is 416 g/mol. The van der Waals surface area contributed by atoms with E-state index < -0.39 is 0 Å². The highest BCUT2D eigenvalue weighted by Crippen LogP contribution is 2.45. The summed E-state index contributed by atoms with van der Waals surface area (Å²) in [4.78, 5) is 17.9. The zero-order valence-electron chi connectivity index (χ0n) is 17.8. The fraction of sp³-hybridized carbons (Fsp3) is 0.292. The highest BCUT2D eigenvalue weighted by molar-refractivity contribution is 6.00. The number of anilines is 1. The molecule has 0 bridgehead atoms. The molecule has 0 saturated heterocycles. The van der Waals surface area contributed by atoms with Crippen LogP contribution >= 0.6 is 0 Å². The lowest BCUT2D eigenvalue weighted by atomic mass is 9.77. The standard InChI is InChI=1S/C24H24N4O3/c1-14-6-4-5-7-17(14)23-22-18(27-24-25-13-26-28(23)24)10-16(11-19(22)29)15-8-9-20(30-2)21(12-15)31-3/h4-9,12-13,16,23H,10-11H2,1-3H3,(H,25,26,27)/t16-,23+/m0/s1. The van der Waals surface area contributed by atoms with Crippen molar-refractivity contribution in [3.8, 4) is 11.5 Å². The molecular weight excluding hydrogens is 392 g/mol. The number of nitrogens with one attached hydrogen (secondary N) is 1. The van der Waals surface area contributed by atoms with Gasteiger partial charge in [-0.2, -0.15) is 10.1 Å². The molecule has 5 rings (SSSR count). The number of benzene rings is 2. The van der Waals surface area contributed by atoms with Crippen LogP contribution in [0.5, 0.6) is 11.5 Å². The fourth-order valence-electron chi connectivity index (χ4n) is 4.68. The molecule has 2 atom stereocenters. The number of rotatable bonds is 4. The van der Waals surface area contributed by atoms with Crippen LogP contribution in [-0.2, 0) is 4.79 Å². The Morgan fingerprint density at radius 3 is 2.65 bits per heavy atom. The molecule has 1 N–H and O–H groups in total. The molecule has 0 amide bonds. The zero-order chi connectivity index (χ0) is 21.5. The molecule has 2 aliphatic rings. The van der Waals surface area contributed by atoms with Gasteiger partial charge >= 0.3 is 0 Å². The molecule has 1 aromatic heterocycles. The Hall–Kier alpha value is -3.61. The third kappa shape index (κ3) is 3.17. The number of hydrogen-bond donors (Lipinski definition) is 1. The van der Waals surface area contributed by atoms with Gasteiger partial charge in [-0.05, 0) is 48.1 Å². The predicted molar refractivity (Wildman–Crippen MR) is 117 cm³/mol. The molecule has 0 radical (unpaired) electrons. The second-order valence-electron chi connectivity index (χ2n) is 7.95. The van der Waals surface area contributed by atoms with Crippen LogP contribution in [0, 0.1) is 6.92 Å². The van der Waals surface area contributed by atoms with Crippen LogP contribution in [-0.4, -0.2) is 34.8 Å². The lowest BCUT2D eigenvalue weighted by Gasteiger charge is -2.35. The second kappa shape index (κ2) is 7.58. The van der Waals surface area contributed by atoms with Crippen molar-refractivity contribution in [2.45, 2.75) is 31.7 Å². The van der Waals surface area contributed by atoms with Crippen molar-refractivity contribution >= 4 is 11.7 Å². The normalized spacial score (nSPS) is 20.0. The topological polar surface area (TPSA) is 78.3 Å². The van der Waals surface area contributed by atoms with Crippen molar-refractivity contribution in [2.24, 2.45) is 0 Å². The number of aryl methyl sites for hydroxylation is 1. The average Bonchev–Trinajstić information content (AvgIpc) is 3.26. The third-order valence-electron chi connectivity index (χ3n) is 6.22. The number of aromatic nitrogens is 3. The largest absolute Gasteiger partial charge is 0.493 e. The molecule has 7 heteroatoms. The fourth-order valence-corrected chi connectivity index (χ4v) is 4.68. The van der Waals surface area contributed by atoms with Crippen molar-refractivity contribution in [1.82, 2.24) is 14.8 Å². The minimum atomic E-state index is -0.270. The SMILES string of the molecule is COc1ccc([C@@H]2CC(=O)C3=C(C2)Nc2ncnn2[C@@H]3c2ccccc2C)cc1OC. The van der Waals surface area contributed by atoms with Gasteiger partial charge in [0.25, 0.3) is 0 Å². The average molecular weight is 416 g/mol. The van der Waals surface area contributed by atoms with E-state index in [1.807, 2.05) is 35.0 Å². The first kappa shape index (κ1) is 19.4. The molecule has 31 heavy (non-hydrogen) atoms. The number of allylic oxidation sites excluding steroid dienone is 2. The predicted octanol–water partition coefficient (Wildman–Crippen LogP) is 4.02.